The van der Waals surface area contributed by atoms with Crippen molar-refractivity contribution < 1.29 is 17.6 Å². The van der Waals surface area contributed by atoms with Crippen molar-refractivity contribution in [3.05, 3.63) is 29.6 Å². The number of hydrogen-bond donors (Lipinski definition) is 1. The van der Waals surface area contributed by atoms with Gasteiger partial charge in [-0.15, -0.1) is 0 Å². The lowest BCUT2D eigenvalue weighted by atomic mass is 10.1. The molecule has 2 N–H and O–H groups in total. The summed E-state index contributed by atoms with van der Waals surface area (Å²) in [5, 5.41) is 4.89. The first-order chi connectivity index (χ1) is 8.62. The van der Waals surface area contributed by atoms with Gasteiger partial charge in [-0.05, 0) is 24.1 Å². The molecular weight excluding hydrogens is 271 g/mol. The Morgan fingerprint density at radius 3 is 2.47 bits per heavy atom. The lowest BCUT2D eigenvalue weighted by molar-refractivity contribution is 0.0779. The number of nitrogens with two attached hydrogens (primary N) is 1. The Bertz CT molecular complexity index is 585. The van der Waals surface area contributed by atoms with Gasteiger partial charge in [0.05, 0.1) is 0 Å². The van der Waals surface area contributed by atoms with E-state index in [-0.39, 0.29) is 17.4 Å². The minimum atomic E-state index is -4.18. The van der Waals surface area contributed by atoms with Crippen molar-refractivity contribution in [2.24, 2.45) is 11.1 Å². The van der Waals surface area contributed by atoms with Gasteiger partial charge in [-0.25, -0.2) is 17.9 Å². The van der Waals surface area contributed by atoms with Crippen LogP contribution >= 0.6 is 0 Å². The van der Waals surface area contributed by atoms with E-state index >= 15 is 0 Å². The SMILES string of the molecule is CC(C)CN(C)C(=O)c1ccc(F)c(S(N)(=O)=O)c1. The molecule has 0 saturated carbocycles. The number of carbonyl (C=O) groups is 1. The summed E-state index contributed by atoms with van der Waals surface area (Å²) in [7, 11) is -2.58. The highest BCUT2D eigenvalue weighted by atomic mass is 32.2. The number of carbonyl (C=O) groups excluding carboxylic acids is 1. The van der Waals surface area contributed by atoms with E-state index in [0.717, 1.165) is 12.1 Å². The molecule has 0 saturated heterocycles. The normalized spacial score (nSPS) is 11.7. The van der Waals surface area contributed by atoms with Crippen LogP contribution in [0.5, 0.6) is 0 Å². The summed E-state index contributed by atoms with van der Waals surface area (Å²) >= 11 is 0. The Kier molecular flexibility index (Phi) is 4.65. The van der Waals surface area contributed by atoms with Gasteiger partial charge in [0.25, 0.3) is 5.91 Å². The molecule has 1 aromatic carbocycles. The number of rotatable bonds is 4. The number of amides is 1. The van der Waals surface area contributed by atoms with Crippen molar-refractivity contribution in [2.75, 3.05) is 13.6 Å². The van der Waals surface area contributed by atoms with E-state index < -0.39 is 20.7 Å². The largest absolute Gasteiger partial charge is 0.341 e. The summed E-state index contributed by atoms with van der Waals surface area (Å²) in [5.41, 5.74) is 0.0913. The van der Waals surface area contributed by atoms with Gasteiger partial charge >= 0.3 is 0 Å². The quantitative estimate of drug-likeness (QED) is 0.904. The van der Waals surface area contributed by atoms with Crippen LogP contribution in [0, 0.1) is 11.7 Å². The Hall–Kier alpha value is -1.47. The van der Waals surface area contributed by atoms with Gasteiger partial charge in [0.1, 0.15) is 10.7 Å². The first kappa shape index (κ1) is 15.6. The maximum Gasteiger partial charge on any atom is 0.253 e. The molecule has 7 heteroatoms. The highest BCUT2D eigenvalue weighted by molar-refractivity contribution is 7.89. The fraction of sp³-hybridized carbons (Fsp3) is 0.417. The molecule has 106 valence electrons. The van der Waals surface area contributed by atoms with Crippen LogP contribution in [0.15, 0.2) is 23.1 Å². The Morgan fingerprint density at radius 2 is 2.00 bits per heavy atom. The maximum absolute atomic E-state index is 13.4. The summed E-state index contributed by atoms with van der Waals surface area (Å²) in [4.78, 5) is 12.8. The summed E-state index contributed by atoms with van der Waals surface area (Å²) in [6, 6.07) is 3.13. The number of sulfonamides is 1. The number of nitrogens with zero attached hydrogens (tertiary/aromatic N) is 1. The summed E-state index contributed by atoms with van der Waals surface area (Å²) in [6.45, 7) is 4.41. The van der Waals surface area contributed by atoms with Gasteiger partial charge in [0.2, 0.25) is 10.0 Å². The molecule has 0 fully saturated rings. The third kappa shape index (κ3) is 4.00. The number of halogens is 1. The highest BCUT2D eigenvalue weighted by Gasteiger charge is 2.19. The average molecular weight is 288 g/mol. The topological polar surface area (TPSA) is 80.5 Å². The molecule has 0 heterocycles. The van der Waals surface area contributed by atoms with E-state index in [9.17, 15) is 17.6 Å². The zero-order valence-electron chi connectivity index (χ0n) is 11.1. The van der Waals surface area contributed by atoms with Gasteiger partial charge in [0, 0.05) is 19.2 Å². The number of primary sulfonamides is 1. The first-order valence-electron chi connectivity index (χ1n) is 5.70. The zero-order valence-corrected chi connectivity index (χ0v) is 11.9. The average Bonchev–Trinajstić information content (AvgIpc) is 2.26. The first-order valence-corrected chi connectivity index (χ1v) is 7.25. The maximum atomic E-state index is 13.4. The Balaban J connectivity index is 3.13. The monoisotopic (exact) mass is 288 g/mol. The predicted octanol–water partition coefficient (Wildman–Crippen LogP) is 1.20. The van der Waals surface area contributed by atoms with Gasteiger partial charge in [-0.2, -0.15) is 0 Å². The minimum Gasteiger partial charge on any atom is -0.341 e. The van der Waals surface area contributed by atoms with Crippen LogP contribution < -0.4 is 5.14 Å². The van der Waals surface area contributed by atoms with E-state index in [0.29, 0.717) is 6.54 Å². The number of benzene rings is 1. The fourth-order valence-electron chi connectivity index (χ4n) is 1.71. The van der Waals surface area contributed by atoms with E-state index in [1.54, 1.807) is 7.05 Å². The molecule has 0 aromatic heterocycles. The molecule has 5 nitrogen and oxygen atoms in total. The van der Waals surface area contributed by atoms with E-state index in [1.165, 1.54) is 11.0 Å². The highest BCUT2D eigenvalue weighted by Crippen LogP contribution is 2.16. The Morgan fingerprint density at radius 1 is 1.42 bits per heavy atom. The van der Waals surface area contributed by atoms with E-state index in [1.807, 2.05) is 13.8 Å². The van der Waals surface area contributed by atoms with Crippen molar-refractivity contribution in [3.8, 4) is 0 Å². The Labute approximate surface area is 112 Å². The number of hydrogen-bond acceptors (Lipinski definition) is 3. The predicted molar refractivity (Wildman–Crippen MR) is 69.6 cm³/mol. The lowest BCUT2D eigenvalue weighted by Crippen LogP contribution is -2.30. The summed E-state index contributed by atoms with van der Waals surface area (Å²) < 4.78 is 35.7. The van der Waals surface area contributed by atoms with Gasteiger partial charge < -0.3 is 4.90 Å². The summed E-state index contributed by atoms with van der Waals surface area (Å²) in [5.74, 6) is -1.07. The van der Waals surface area contributed by atoms with Gasteiger partial charge in [0.15, 0.2) is 0 Å². The third-order valence-corrected chi connectivity index (χ3v) is 3.40. The van der Waals surface area contributed by atoms with Gasteiger partial charge in [-0.3, -0.25) is 4.79 Å². The third-order valence-electron chi connectivity index (χ3n) is 2.47. The van der Waals surface area contributed by atoms with Gasteiger partial charge in [-0.1, -0.05) is 13.8 Å². The van der Waals surface area contributed by atoms with Crippen LogP contribution in [0.25, 0.3) is 0 Å². The molecular formula is C12H17FN2O3S. The van der Waals surface area contributed by atoms with Crippen molar-refractivity contribution in [3.63, 3.8) is 0 Å². The van der Waals surface area contributed by atoms with Crippen LogP contribution in [0.4, 0.5) is 4.39 Å². The van der Waals surface area contributed by atoms with Crippen LogP contribution in [0.3, 0.4) is 0 Å². The van der Waals surface area contributed by atoms with Crippen LogP contribution in [0.2, 0.25) is 0 Å². The second kappa shape index (κ2) is 5.66. The molecule has 0 spiro atoms. The second-order valence-electron chi connectivity index (χ2n) is 4.77. The zero-order chi connectivity index (χ0) is 14.8. The molecule has 19 heavy (non-hydrogen) atoms. The molecule has 0 unspecified atom stereocenters. The minimum absolute atomic E-state index is 0.0913. The van der Waals surface area contributed by atoms with Crippen molar-refractivity contribution in [1.29, 1.82) is 0 Å². The molecule has 1 amide bonds. The van der Waals surface area contributed by atoms with Crippen molar-refractivity contribution in [1.82, 2.24) is 4.90 Å². The lowest BCUT2D eigenvalue weighted by Gasteiger charge is -2.19. The molecule has 1 rings (SSSR count). The molecule has 1 aromatic rings. The van der Waals surface area contributed by atoms with Crippen LogP contribution in [-0.2, 0) is 10.0 Å². The fourth-order valence-corrected chi connectivity index (χ4v) is 2.34. The second-order valence-corrected chi connectivity index (χ2v) is 6.30. The molecule has 0 aliphatic heterocycles. The smallest absolute Gasteiger partial charge is 0.253 e. The van der Waals surface area contributed by atoms with Crippen molar-refractivity contribution in [2.45, 2.75) is 18.7 Å². The van der Waals surface area contributed by atoms with Crippen LogP contribution in [-0.4, -0.2) is 32.8 Å². The molecule has 0 bridgehead atoms. The molecule has 0 radical (unpaired) electrons. The van der Waals surface area contributed by atoms with E-state index in [4.69, 9.17) is 5.14 Å². The van der Waals surface area contributed by atoms with Crippen molar-refractivity contribution >= 4 is 15.9 Å². The molecule has 0 atom stereocenters. The summed E-state index contributed by atoms with van der Waals surface area (Å²) in [6.07, 6.45) is 0. The standard InChI is InChI=1S/C12H17FN2O3S/c1-8(2)7-15(3)12(16)9-4-5-10(13)11(6-9)19(14,17)18/h4-6,8H,7H2,1-3H3,(H2,14,17,18). The van der Waals surface area contributed by atoms with Crippen LogP contribution in [0.1, 0.15) is 24.2 Å². The van der Waals surface area contributed by atoms with E-state index in [2.05, 4.69) is 0 Å². The molecule has 0 aliphatic rings. The molecule has 0 aliphatic carbocycles.